The highest BCUT2D eigenvalue weighted by molar-refractivity contribution is 6.13. The van der Waals surface area contributed by atoms with Crippen molar-refractivity contribution in [3.05, 3.63) is 81.5 Å². The van der Waals surface area contributed by atoms with Crippen molar-refractivity contribution in [1.29, 1.82) is 0 Å². The Morgan fingerprint density at radius 3 is 2.67 bits per heavy atom. The maximum absolute atomic E-state index is 13.7. The van der Waals surface area contributed by atoms with Crippen LogP contribution in [-0.4, -0.2) is 50.8 Å². The molecule has 2 aromatic carbocycles. The van der Waals surface area contributed by atoms with E-state index in [-0.39, 0.29) is 10.9 Å². The number of hydrogen-bond acceptors (Lipinski definition) is 6. The first-order valence-electron chi connectivity index (χ1n) is 13.3. The van der Waals surface area contributed by atoms with Gasteiger partial charge in [0.1, 0.15) is 16.7 Å². The molecule has 1 fully saturated rings. The van der Waals surface area contributed by atoms with Crippen molar-refractivity contribution >= 4 is 33.6 Å². The lowest BCUT2D eigenvalue weighted by Crippen LogP contribution is -2.45. The molecule has 4 aliphatic rings. The molecule has 0 amide bonds. The number of anilines is 1. The number of aryl methyl sites for hydroxylation is 1. The lowest BCUT2D eigenvalue weighted by molar-refractivity contribution is 0.0697. The Labute approximate surface area is 223 Å². The molecule has 0 saturated carbocycles. The number of piperazine rings is 1. The first-order chi connectivity index (χ1) is 19.0. The van der Waals surface area contributed by atoms with Crippen LogP contribution < -0.4 is 25.8 Å². The van der Waals surface area contributed by atoms with Gasteiger partial charge < -0.3 is 24.2 Å². The van der Waals surface area contributed by atoms with Crippen molar-refractivity contribution in [3.8, 4) is 22.5 Å². The summed E-state index contributed by atoms with van der Waals surface area (Å²) in [7, 11) is 2.04. The van der Waals surface area contributed by atoms with Gasteiger partial charge in [-0.1, -0.05) is 18.2 Å². The van der Waals surface area contributed by atoms with Crippen LogP contribution >= 0.6 is 0 Å². The molecular weight excluding hydrogens is 494 g/mol. The molecule has 1 saturated heterocycles. The predicted octanol–water partition coefficient (Wildman–Crippen LogP) is 3.77. The molecule has 8 nitrogen and oxygen atoms in total. The number of hydrogen-bond donors (Lipinski definition) is 2. The molecule has 1 aliphatic carbocycles. The van der Waals surface area contributed by atoms with Crippen LogP contribution in [0, 0.1) is 0 Å². The smallest absolute Gasteiger partial charge is 0.348 e. The van der Waals surface area contributed by atoms with E-state index in [4.69, 9.17) is 8.83 Å². The molecule has 0 radical (unpaired) electrons. The van der Waals surface area contributed by atoms with Gasteiger partial charge in [-0.05, 0) is 42.2 Å². The summed E-state index contributed by atoms with van der Waals surface area (Å²) in [6.45, 7) is 4.49. The van der Waals surface area contributed by atoms with Crippen LogP contribution in [0.4, 0.5) is 5.69 Å². The Bertz CT molecular complexity index is 1890. The lowest BCUT2D eigenvalue weighted by Gasteiger charge is -2.27. The summed E-state index contributed by atoms with van der Waals surface area (Å²) in [4.78, 5) is 28.1. The van der Waals surface area contributed by atoms with Gasteiger partial charge in [-0.2, -0.15) is 0 Å². The fourth-order valence-electron chi connectivity index (χ4n) is 6.09. The third kappa shape index (κ3) is 3.82. The van der Waals surface area contributed by atoms with E-state index >= 15 is 0 Å². The fourth-order valence-corrected chi connectivity index (χ4v) is 6.09. The van der Waals surface area contributed by atoms with E-state index in [2.05, 4.69) is 20.9 Å². The third-order valence-electron chi connectivity index (χ3n) is 8.02. The van der Waals surface area contributed by atoms with Gasteiger partial charge >= 0.3 is 11.6 Å². The predicted molar refractivity (Wildman–Crippen MR) is 151 cm³/mol. The summed E-state index contributed by atoms with van der Waals surface area (Å²) >= 11 is 0. The number of carbonyl (C=O) groups is 1. The van der Waals surface area contributed by atoms with Crippen molar-refractivity contribution < 1.29 is 18.7 Å². The minimum absolute atomic E-state index is 0.115. The minimum Gasteiger partial charge on any atom is -0.478 e. The number of fused-ring (bicyclic) bond motifs is 5. The van der Waals surface area contributed by atoms with Crippen LogP contribution in [-0.2, 0) is 6.42 Å². The van der Waals surface area contributed by atoms with Gasteiger partial charge in [0.05, 0.1) is 30.1 Å². The van der Waals surface area contributed by atoms with Crippen LogP contribution in [0.3, 0.4) is 0 Å². The highest BCUT2D eigenvalue weighted by Gasteiger charge is 2.27. The number of aromatic carboxylic acids is 1. The number of carboxylic acids is 1. The van der Waals surface area contributed by atoms with Crippen LogP contribution in [0.1, 0.15) is 22.3 Å². The third-order valence-corrected chi connectivity index (χ3v) is 8.02. The molecule has 39 heavy (non-hydrogen) atoms. The summed E-state index contributed by atoms with van der Waals surface area (Å²) < 4.78 is 14.8. The highest BCUT2D eigenvalue weighted by Crippen LogP contribution is 2.43. The van der Waals surface area contributed by atoms with Gasteiger partial charge in [-0.25, -0.2) is 14.2 Å². The standard InChI is InChI=1S/C31H27N3O5/c1-33-12-4-5-18-15-23-26(17-24(18)33)39-31(37)28-27(20-6-2-3-7-21(20)30(35)36)22-9-8-19(16-25(22)38-29(23)28)34-13-10-32-11-14-34/h2-3,6-9,15-17,32H,4-5,10-14H2,1H3/p+1. The van der Waals surface area contributed by atoms with E-state index in [0.717, 1.165) is 56.6 Å². The molecule has 7 rings (SSSR count). The van der Waals surface area contributed by atoms with Crippen LogP contribution in [0.2, 0.25) is 0 Å². The fraction of sp³-hybridized carbons (Fsp3) is 0.258. The first kappa shape index (κ1) is 23.7. The largest absolute Gasteiger partial charge is 0.478 e. The zero-order valence-electron chi connectivity index (χ0n) is 21.6. The van der Waals surface area contributed by atoms with Crippen LogP contribution in [0.5, 0.6) is 0 Å². The van der Waals surface area contributed by atoms with E-state index in [1.807, 2.05) is 31.3 Å². The molecule has 4 heterocycles. The van der Waals surface area contributed by atoms with E-state index in [9.17, 15) is 14.7 Å². The monoisotopic (exact) mass is 522 g/mol. The summed E-state index contributed by atoms with van der Waals surface area (Å²) in [5, 5.41) is 15.4. The van der Waals surface area contributed by atoms with Gasteiger partial charge in [0, 0.05) is 42.5 Å². The van der Waals surface area contributed by atoms with E-state index in [1.54, 1.807) is 24.3 Å². The van der Waals surface area contributed by atoms with E-state index in [1.165, 1.54) is 5.56 Å². The first-order valence-corrected chi connectivity index (χ1v) is 13.3. The van der Waals surface area contributed by atoms with Gasteiger partial charge in [0.2, 0.25) is 5.36 Å². The maximum atomic E-state index is 13.7. The van der Waals surface area contributed by atoms with Crippen molar-refractivity contribution in [1.82, 2.24) is 9.89 Å². The molecule has 8 heteroatoms. The highest BCUT2D eigenvalue weighted by atomic mass is 16.4. The molecule has 3 aromatic rings. The number of carboxylic acid groups (broad SMARTS) is 1. The molecule has 3 aliphatic heterocycles. The van der Waals surface area contributed by atoms with Crippen molar-refractivity contribution in [2.24, 2.45) is 0 Å². The van der Waals surface area contributed by atoms with Crippen molar-refractivity contribution in [3.63, 3.8) is 0 Å². The second kappa shape index (κ2) is 9.10. The molecular formula is C31H28N3O5+. The Kier molecular flexibility index (Phi) is 5.52. The Balaban J connectivity index is 1.65. The molecule has 0 spiro atoms. The topological polar surface area (TPSA) is 98.9 Å². The summed E-state index contributed by atoms with van der Waals surface area (Å²) in [5.74, 6) is -0.470. The van der Waals surface area contributed by atoms with Gasteiger partial charge in [0.25, 0.3) is 0 Å². The molecule has 0 atom stereocenters. The van der Waals surface area contributed by atoms with Gasteiger partial charge in [-0.15, -0.1) is 0 Å². The second-order valence-corrected chi connectivity index (χ2v) is 10.3. The average molecular weight is 523 g/mol. The Morgan fingerprint density at radius 2 is 1.85 bits per heavy atom. The van der Waals surface area contributed by atoms with Gasteiger partial charge in [-0.3, -0.25) is 0 Å². The van der Waals surface area contributed by atoms with Crippen molar-refractivity contribution in [2.45, 2.75) is 12.8 Å². The summed E-state index contributed by atoms with van der Waals surface area (Å²) in [6, 6.07) is 16.7. The normalized spacial score (nSPS) is 15.7. The quantitative estimate of drug-likeness (QED) is 0.158. The zero-order chi connectivity index (χ0) is 26.7. The maximum Gasteiger partial charge on any atom is 0.348 e. The van der Waals surface area contributed by atoms with E-state index < -0.39 is 11.6 Å². The number of nitrogens with zero attached hydrogens (tertiary/aromatic N) is 2. The number of nitrogens with one attached hydrogen (secondary N) is 1. The molecule has 2 N–H and O–H groups in total. The van der Waals surface area contributed by atoms with Crippen LogP contribution in [0.15, 0.2) is 68.2 Å². The average Bonchev–Trinajstić information content (AvgIpc) is 2.96. The summed E-state index contributed by atoms with van der Waals surface area (Å²) in [6.07, 6.45) is 1.96. The zero-order valence-corrected chi connectivity index (χ0v) is 21.6. The van der Waals surface area contributed by atoms with Crippen LogP contribution in [0.25, 0.3) is 44.4 Å². The van der Waals surface area contributed by atoms with Gasteiger partial charge in [0.15, 0.2) is 18.7 Å². The second-order valence-electron chi connectivity index (χ2n) is 10.3. The lowest BCUT2D eigenvalue weighted by atomic mass is 9.90. The van der Waals surface area contributed by atoms with Crippen molar-refractivity contribution in [2.75, 3.05) is 44.7 Å². The molecule has 1 aromatic heterocycles. The number of rotatable bonds is 2. The van der Waals surface area contributed by atoms with E-state index in [0.29, 0.717) is 39.0 Å². The molecule has 0 bridgehead atoms. The minimum atomic E-state index is -1.06. The molecule has 0 unspecified atom stereocenters. The number of benzene rings is 3. The Morgan fingerprint density at radius 1 is 1.03 bits per heavy atom. The molecule has 196 valence electrons. The summed E-state index contributed by atoms with van der Waals surface area (Å²) in [5.41, 5.74) is 4.29. The SMILES string of the molecule is CN1CCCc2cc3c(cc21)oc(=O)c1c(-c2ccccc2C(=O)O)c2ccc(=[N+]4CCNCC4)cc-2oc13. The Hall–Kier alpha value is -4.43.